The van der Waals surface area contributed by atoms with Gasteiger partial charge in [-0.2, -0.15) is 0 Å². The second-order valence-corrected chi connectivity index (χ2v) is 6.82. The highest BCUT2D eigenvalue weighted by Gasteiger charge is 2.07. The van der Waals surface area contributed by atoms with Crippen molar-refractivity contribution in [2.24, 2.45) is 11.5 Å². The summed E-state index contributed by atoms with van der Waals surface area (Å²) in [5.41, 5.74) is 12.0. The van der Waals surface area contributed by atoms with Crippen LogP contribution in [0.4, 0.5) is 11.4 Å². The molecule has 0 radical (unpaired) electrons. The molecule has 8 nitrogen and oxygen atoms in total. The molecule has 0 amide bonds. The molecule has 0 unspecified atom stereocenters. The fraction of sp³-hybridized carbons (Fsp3) is 0.600. The number of guanidine groups is 2. The van der Waals surface area contributed by atoms with Gasteiger partial charge in [0.25, 0.3) is 0 Å². The number of rotatable bonds is 14. The van der Waals surface area contributed by atoms with Crippen LogP contribution in [0.15, 0.2) is 18.2 Å². The Bertz CT molecular complexity index is 578. The van der Waals surface area contributed by atoms with Crippen molar-refractivity contribution in [3.63, 3.8) is 0 Å². The highest BCUT2D eigenvalue weighted by molar-refractivity contribution is 5.94. The molecule has 8 heteroatoms. The molecule has 0 atom stereocenters. The minimum absolute atomic E-state index is 0. The van der Waals surface area contributed by atoms with Crippen LogP contribution < -0.4 is 33.0 Å². The van der Waals surface area contributed by atoms with E-state index in [0.717, 1.165) is 12.8 Å². The van der Waals surface area contributed by atoms with E-state index in [1.807, 2.05) is 0 Å². The molecule has 0 bridgehead atoms. The number of nitrogens with two attached hydrogens (primary N) is 2. The molecular formula is C20H39N7O. The Morgan fingerprint density at radius 2 is 1.39 bits per heavy atom. The topological polar surface area (TPSA) is 168 Å². The summed E-state index contributed by atoms with van der Waals surface area (Å²) in [4.78, 5) is 0. The fourth-order valence-electron chi connectivity index (χ4n) is 2.90. The van der Waals surface area contributed by atoms with E-state index < -0.39 is 0 Å². The normalized spacial score (nSPS) is 10.0. The largest absolute Gasteiger partial charge is 0.491 e. The van der Waals surface area contributed by atoms with Gasteiger partial charge < -0.3 is 33.0 Å². The number of benzene rings is 1. The highest BCUT2D eigenvalue weighted by Crippen LogP contribution is 2.28. The van der Waals surface area contributed by atoms with E-state index in [1.165, 1.54) is 51.4 Å². The highest BCUT2D eigenvalue weighted by atomic mass is 16.5. The van der Waals surface area contributed by atoms with Gasteiger partial charge >= 0.3 is 0 Å². The molecule has 1 aromatic carbocycles. The first-order valence-electron chi connectivity index (χ1n) is 10.0. The molecular weight excluding hydrogens is 354 g/mol. The fourth-order valence-corrected chi connectivity index (χ4v) is 2.90. The van der Waals surface area contributed by atoms with Gasteiger partial charge in [-0.1, -0.05) is 64.7 Å². The third kappa shape index (κ3) is 12.0. The lowest BCUT2D eigenvalue weighted by molar-refractivity contribution is 0.306. The van der Waals surface area contributed by atoms with E-state index in [-0.39, 0.29) is 18.1 Å². The summed E-state index contributed by atoms with van der Waals surface area (Å²) in [5, 5.41) is 20.2. The lowest BCUT2D eigenvalue weighted by Gasteiger charge is -2.14. The summed E-state index contributed by atoms with van der Waals surface area (Å²) in [6.45, 7) is 2.88. The summed E-state index contributed by atoms with van der Waals surface area (Å²) >= 11 is 0. The Kier molecular flexibility index (Phi) is 14.2. The molecule has 0 aliphatic carbocycles. The lowest BCUT2D eigenvalue weighted by atomic mass is 10.1. The maximum Gasteiger partial charge on any atom is 0.190 e. The first-order chi connectivity index (χ1) is 13.0. The van der Waals surface area contributed by atoms with E-state index >= 15 is 0 Å². The van der Waals surface area contributed by atoms with Crippen LogP contribution in [0.2, 0.25) is 0 Å². The van der Waals surface area contributed by atoms with Crippen LogP contribution in [0.3, 0.4) is 0 Å². The van der Waals surface area contributed by atoms with Crippen molar-refractivity contribution in [1.82, 2.24) is 6.15 Å². The number of nitrogens with one attached hydrogen (secondary N) is 4. The Morgan fingerprint density at radius 1 is 0.857 bits per heavy atom. The molecule has 0 saturated heterocycles. The zero-order chi connectivity index (χ0) is 19.9. The van der Waals surface area contributed by atoms with Gasteiger partial charge in [0, 0.05) is 5.69 Å². The summed E-state index contributed by atoms with van der Waals surface area (Å²) in [5.74, 6) is 0.316. The smallest absolute Gasteiger partial charge is 0.190 e. The van der Waals surface area contributed by atoms with Gasteiger partial charge in [0.05, 0.1) is 12.3 Å². The van der Waals surface area contributed by atoms with Gasteiger partial charge in [0.15, 0.2) is 11.9 Å². The molecule has 160 valence electrons. The first kappa shape index (κ1) is 25.5. The van der Waals surface area contributed by atoms with E-state index in [0.29, 0.717) is 23.7 Å². The monoisotopic (exact) mass is 393 g/mol. The van der Waals surface area contributed by atoms with E-state index in [2.05, 4.69) is 17.6 Å². The standard InChI is InChI=1S/C20H36N6O.H3N/c1-2-3-4-5-6-7-8-9-10-11-14-27-18-13-12-16(25-19(21)22)15-17(18)26-20(23)24;/h12-13,15H,2-11,14H2,1H3,(H4,21,22,25)(H4,23,24,26);1H3. The summed E-state index contributed by atoms with van der Waals surface area (Å²) in [7, 11) is 0. The number of ether oxygens (including phenoxy) is 1. The van der Waals surface area contributed by atoms with Crippen LogP contribution in [0.25, 0.3) is 0 Å². The molecule has 0 aliphatic rings. The predicted molar refractivity (Wildman–Crippen MR) is 120 cm³/mol. The first-order valence-corrected chi connectivity index (χ1v) is 10.0. The quantitative estimate of drug-likeness (QED) is 0.136. The molecule has 0 heterocycles. The second-order valence-electron chi connectivity index (χ2n) is 6.82. The van der Waals surface area contributed by atoms with Crippen LogP contribution in [0.5, 0.6) is 5.75 Å². The van der Waals surface area contributed by atoms with Crippen LogP contribution in [-0.2, 0) is 0 Å². The molecule has 0 aliphatic heterocycles. The second kappa shape index (κ2) is 15.6. The van der Waals surface area contributed by atoms with Crippen molar-refractivity contribution in [3.8, 4) is 5.75 Å². The number of hydrogen-bond acceptors (Lipinski definition) is 4. The zero-order valence-corrected chi connectivity index (χ0v) is 17.3. The van der Waals surface area contributed by atoms with Crippen LogP contribution >= 0.6 is 0 Å². The minimum atomic E-state index is -0.168. The average Bonchev–Trinajstić information content (AvgIpc) is 2.60. The van der Waals surface area contributed by atoms with Crippen LogP contribution in [-0.4, -0.2) is 18.5 Å². The van der Waals surface area contributed by atoms with Gasteiger partial charge in [0.1, 0.15) is 5.75 Å². The van der Waals surface area contributed by atoms with Crippen molar-refractivity contribution in [2.75, 3.05) is 17.2 Å². The molecule has 0 fully saturated rings. The number of anilines is 2. The average molecular weight is 394 g/mol. The van der Waals surface area contributed by atoms with Gasteiger partial charge in [-0.15, -0.1) is 0 Å². The van der Waals surface area contributed by atoms with Crippen LogP contribution in [0.1, 0.15) is 71.1 Å². The number of hydrogen-bond donors (Lipinski definition) is 7. The van der Waals surface area contributed by atoms with Gasteiger partial charge in [-0.25, -0.2) is 0 Å². The van der Waals surface area contributed by atoms with Gasteiger partial charge in [0.2, 0.25) is 0 Å². The Balaban J connectivity index is 0.00000729. The Hall–Kier alpha value is -2.48. The van der Waals surface area contributed by atoms with Crippen molar-refractivity contribution in [3.05, 3.63) is 18.2 Å². The molecule has 28 heavy (non-hydrogen) atoms. The SMILES string of the molecule is CCCCCCCCCCCCOc1ccc(NC(=N)N)cc1NC(=N)N.N. The molecule has 0 saturated carbocycles. The summed E-state index contributed by atoms with van der Waals surface area (Å²) in [6.07, 6.45) is 12.8. The minimum Gasteiger partial charge on any atom is -0.491 e. The van der Waals surface area contributed by atoms with Gasteiger partial charge in [-0.05, 0) is 24.6 Å². The van der Waals surface area contributed by atoms with E-state index in [1.54, 1.807) is 18.2 Å². The van der Waals surface area contributed by atoms with Crippen molar-refractivity contribution < 1.29 is 4.74 Å². The Morgan fingerprint density at radius 3 is 1.93 bits per heavy atom. The Labute approximate surface area is 169 Å². The predicted octanol–water partition coefficient (Wildman–Crippen LogP) is 4.76. The molecule has 1 aromatic rings. The van der Waals surface area contributed by atoms with Crippen molar-refractivity contribution in [2.45, 2.75) is 71.1 Å². The maximum absolute atomic E-state index is 7.42. The summed E-state index contributed by atoms with van der Waals surface area (Å²) in [6, 6.07) is 5.28. The third-order valence-corrected chi connectivity index (χ3v) is 4.28. The third-order valence-electron chi connectivity index (χ3n) is 4.28. The van der Waals surface area contributed by atoms with Crippen molar-refractivity contribution in [1.29, 1.82) is 10.8 Å². The van der Waals surface area contributed by atoms with Crippen molar-refractivity contribution >= 4 is 23.3 Å². The van der Waals surface area contributed by atoms with Crippen LogP contribution in [0, 0.1) is 10.8 Å². The van der Waals surface area contributed by atoms with E-state index in [4.69, 9.17) is 27.0 Å². The zero-order valence-electron chi connectivity index (χ0n) is 17.3. The number of unbranched alkanes of at least 4 members (excludes halogenated alkanes) is 9. The lowest BCUT2D eigenvalue weighted by Crippen LogP contribution is -2.22. The molecule has 0 aromatic heterocycles. The van der Waals surface area contributed by atoms with Gasteiger partial charge in [-0.3, -0.25) is 10.8 Å². The molecule has 11 N–H and O–H groups in total. The molecule has 1 rings (SSSR count). The molecule has 0 spiro atoms. The maximum atomic E-state index is 7.42. The van der Waals surface area contributed by atoms with E-state index in [9.17, 15) is 0 Å². The summed E-state index contributed by atoms with van der Waals surface area (Å²) < 4.78 is 5.84.